The van der Waals surface area contributed by atoms with Crippen LogP contribution in [0.5, 0.6) is 0 Å². The van der Waals surface area contributed by atoms with Gasteiger partial charge >= 0.3 is 12.3 Å². The lowest BCUT2D eigenvalue weighted by Crippen LogP contribution is -2.12. The molecule has 1 N–H and O–H groups in total. The summed E-state index contributed by atoms with van der Waals surface area (Å²) in [7, 11) is 0. The summed E-state index contributed by atoms with van der Waals surface area (Å²) in [5.74, 6) is 0.833. The van der Waals surface area contributed by atoms with Crippen LogP contribution in [0.1, 0.15) is 38.0 Å². The summed E-state index contributed by atoms with van der Waals surface area (Å²) in [6.45, 7) is 6.78. The van der Waals surface area contributed by atoms with E-state index in [0.29, 0.717) is 5.56 Å². The molecule has 1 aliphatic rings. The molecule has 0 aliphatic carbocycles. The van der Waals surface area contributed by atoms with Gasteiger partial charge in [-0.3, -0.25) is 0 Å². The van der Waals surface area contributed by atoms with Crippen LogP contribution in [0.4, 0.5) is 18.0 Å². The Hall–Kier alpha value is -1.72. The number of alkyl carbamates (subject to hydrolysis) is 1. The molecule has 6 heteroatoms. The molecule has 1 aromatic carbocycles. The maximum atomic E-state index is 12.3. The quantitative estimate of drug-likeness (QED) is 0.843. The molecular weight excluding hydrogens is 271 g/mol. The van der Waals surface area contributed by atoms with Crippen LogP contribution in [0.3, 0.4) is 0 Å². The summed E-state index contributed by atoms with van der Waals surface area (Å²) < 4.78 is 41.6. The molecule has 3 nitrogen and oxygen atoms in total. The maximum absolute atomic E-state index is 12.3. The number of halogens is 3. The Labute approximate surface area is 116 Å². The minimum atomic E-state index is -4.34. The van der Waals surface area contributed by atoms with Gasteiger partial charge in [-0.2, -0.15) is 13.2 Å². The second-order valence-electron chi connectivity index (χ2n) is 5.13. The Kier molecular flexibility index (Phi) is 5.42. The molecule has 20 heavy (non-hydrogen) atoms. The molecule has 0 bridgehead atoms. The van der Waals surface area contributed by atoms with Crippen molar-refractivity contribution in [1.29, 1.82) is 0 Å². The monoisotopic (exact) mass is 289 g/mol. The normalized spacial score (nSPS) is 18.1. The molecular formula is C14H18F3NO2. The van der Waals surface area contributed by atoms with Crippen molar-refractivity contribution in [3.8, 4) is 0 Å². The van der Waals surface area contributed by atoms with E-state index >= 15 is 0 Å². The van der Waals surface area contributed by atoms with Gasteiger partial charge in [0.2, 0.25) is 0 Å². The summed E-state index contributed by atoms with van der Waals surface area (Å²) in [4.78, 5) is 10.7. The fourth-order valence-corrected chi connectivity index (χ4v) is 1.46. The van der Waals surface area contributed by atoms with Gasteiger partial charge in [0.15, 0.2) is 0 Å². The Morgan fingerprint density at radius 3 is 2.05 bits per heavy atom. The van der Waals surface area contributed by atoms with Crippen LogP contribution in [0.2, 0.25) is 0 Å². The molecule has 0 spiro atoms. The molecule has 2 rings (SSSR count). The maximum Gasteiger partial charge on any atom is 0.416 e. The number of hydrogen-bond acceptors (Lipinski definition) is 2. The summed E-state index contributed by atoms with van der Waals surface area (Å²) in [5.41, 5.74) is -0.167. The van der Waals surface area contributed by atoms with Crippen molar-refractivity contribution in [3.63, 3.8) is 0 Å². The van der Waals surface area contributed by atoms with Crippen molar-refractivity contribution < 1.29 is 22.7 Å². The third kappa shape index (κ3) is 5.11. The van der Waals surface area contributed by atoms with Crippen LogP contribution in [-0.2, 0) is 10.9 Å². The van der Waals surface area contributed by atoms with Crippen LogP contribution in [0, 0.1) is 5.92 Å². The lowest BCUT2D eigenvalue weighted by Gasteiger charge is -2.10. The Bertz CT molecular complexity index is 438. The highest BCUT2D eigenvalue weighted by Crippen LogP contribution is 2.30. The first-order chi connectivity index (χ1) is 9.20. The summed E-state index contributed by atoms with van der Waals surface area (Å²) >= 11 is 0. The van der Waals surface area contributed by atoms with E-state index in [-0.39, 0.29) is 6.54 Å². The number of ether oxygens (including phenoxy) is 1. The summed E-state index contributed by atoms with van der Waals surface area (Å²) in [6.07, 6.45) is -5.40. The van der Waals surface area contributed by atoms with E-state index in [1.54, 1.807) is 0 Å². The van der Waals surface area contributed by atoms with Crippen LogP contribution in [-0.4, -0.2) is 12.6 Å². The third-order valence-electron chi connectivity index (χ3n) is 2.29. The number of carbonyl (C=O) groups excluding carboxylic acids is 1. The highest BCUT2D eigenvalue weighted by atomic mass is 19.4. The van der Waals surface area contributed by atoms with E-state index in [4.69, 9.17) is 4.74 Å². The molecule has 1 aromatic rings. The van der Waals surface area contributed by atoms with Crippen LogP contribution >= 0.6 is 0 Å². The van der Waals surface area contributed by atoms with Gasteiger partial charge in [-0.05, 0) is 23.6 Å². The number of carbonyl (C=O) groups is 1. The van der Waals surface area contributed by atoms with E-state index in [1.165, 1.54) is 12.1 Å². The molecule has 1 fully saturated rings. The number of alkyl halides is 3. The van der Waals surface area contributed by atoms with Crippen molar-refractivity contribution in [2.45, 2.75) is 33.1 Å². The number of benzene rings is 1. The number of cyclic esters (lactones) is 1. The number of amides is 1. The second-order valence-corrected chi connectivity index (χ2v) is 5.13. The number of rotatable bonds is 1. The highest BCUT2D eigenvalue weighted by molar-refractivity contribution is 5.69. The predicted molar refractivity (Wildman–Crippen MR) is 69.2 cm³/mol. The molecule has 1 atom stereocenters. The van der Waals surface area contributed by atoms with Gasteiger partial charge in [0.25, 0.3) is 0 Å². The predicted octanol–water partition coefficient (Wildman–Crippen LogP) is 4.15. The number of nitrogens with one attached hydrogen (secondary N) is 1. The average Bonchev–Trinajstić information content (AvgIpc) is 2.74. The molecule has 1 amide bonds. The standard InChI is InChI=1S/C10H8F3NO2.C4H10/c11-10(12,13)7-3-1-6(2-4-7)8-5-14-9(15)16-8;1-4(2)3/h1-4,8H,5H2,(H,14,15);4H,1-3H3. The van der Waals surface area contributed by atoms with Gasteiger partial charge in [0.05, 0.1) is 12.1 Å². The fraction of sp³-hybridized carbons (Fsp3) is 0.500. The third-order valence-corrected chi connectivity index (χ3v) is 2.29. The average molecular weight is 289 g/mol. The van der Waals surface area contributed by atoms with E-state index in [2.05, 4.69) is 26.1 Å². The van der Waals surface area contributed by atoms with Crippen molar-refractivity contribution in [2.24, 2.45) is 5.92 Å². The van der Waals surface area contributed by atoms with Gasteiger partial charge in [-0.1, -0.05) is 32.9 Å². The minimum Gasteiger partial charge on any atom is -0.439 e. The largest absolute Gasteiger partial charge is 0.439 e. The Balaban J connectivity index is 0.000000444. The van der Waals surface area contributed by atoms with Crippen LogP contribution in [0.15, 0.2) is 24.3 Å². The van der Waals surface area contributed by atoms with Gasteiger partial charge in [0.1, 0.15) is 6.10 Å². The SMILES string of the molecule is CC(C)C.O=C1NCC(c2ccc(C(F)(F)F)cc2)O1. The fourth-order valence-electron chi connectivity index (χ4n) is 1.46. The topological polar surface area (TPSA) is 38.3 Å². The van der Waals surface area contributed by atoms with Crippen molar-refractivity contribution in [1.82, 2.24) is 5.32 Å². The molecule has 1 unspecified atom stereocenters. The van der Waals surface area contributed by atoms with Crippen LogP contribution < -0.4 is 5.32 Å². The molecule has 1 saturated heterocycles. The molecule has 0 saturated carbocycles. The van der Waals surface area contributed by atoms with E-state index in [0.717, 1.165) is 18.1 Å². The second kappa shape index (κ2) is 6.63. The zero-order chi connectivity index (χ0) is 15.3. The van der Waals surface area contributed by atoms with Crippen molar-refractivity contribution >= 4 is 6.09 Å². The molecule has 1 heterocycles. The number of hydrogen-bond donors (Lipinski definition) is 1. The Morgan fingerprint density at radius 1 is 1.20 bits per heavy atom. The lowest BCUT2D eigenvalue weighted by molar-refractivity contribution is -0.137. The van der Waals surface area contributed by atoms with Crippen molar-refractivity contribution in [3.05, 3.63) is 35.4 Å². The summed E-state index contributed by atoms with van der Waals surface area (Å²) in [5, 5.41) is 2.43. The Morgan fingerprint density at radius 2 is 1.70 bits per heavy atom. The van der Waals surface area contributed by atoms with Gasteiger partial charge in [-0.25, -0.2) is 4.79 Å². The molecule has 0 radical (unpaired) electrons. The summed E-state index contributed by atoms with van der Waals surface area (Å²) in [6, 6.07) is 4.57. The van der Waals surface area contributed by atoms with Crippen LogP contribution in [0.25, 0.3) is 0 Å². The van der Waals surface area contributed by atoms with Gasteiger partial charge < -0.3 is 10.1 Å². The lowest BCUT2D eigenvalue weighted by atomic mass is 10.1. The molecule has 1 aliphatic heterocycles. The minimum absolute atomic E-state index is 0.282. The zero-order valence-electron chi connectivity index (χ0n) is 11.6. The van der Waals surface area contributed by atoms with E-state index < -0.39 is 23.9 Å². The van der Waals surface area contributed by atoms with Crippen molar-refractivity contribution in [2.75, 3.05) is 6.54 Å². The highest BCUT2D eigenvalue weighted by Gasteiger charge is 2.31. The first kappa shape index (κ1) is 16.3. The molecule has 0 aromatic heterocycles. The van der Waals surface area contributed by atoms with E-state index in [1.807, 2.05) is 0 Å². The molecule has 112 valence electrons. The first-order valence-corrected chi connectivity index (χ1v) is 6.31. The smallest absolute Gasteiger partial charge is 0.416 e. The zero-order valence-corrected chi connectivity index (χ0v) is 11.6. The van der Waals surface area contributed by atoms with Gasteiger partial charge in [0, 0.05) is 0 Å². The van der Waals surface area contributed by atoms with E-state index in [9.17, 15) is 18.0 Å². The van der Waals surface area contributed by atoms with Gasteiger partial charge in [-0.15, -0.1) is 0 Å². The first-order valence-electron chi connectivity index (χ1n) is 6.31.